The summed E-state index contributed by atoms with van der Waals surface area (Å²) in [5.41, 5.74) is 22.8. The van der Waals surface area contributed by atoms with E-state index in [1.165, 1.54) is 153 Å². The number of hydrogen-bond donors (Lipinski definition) is 0. The van der Waals surface area contributed by atoms with Crippen molar-refractivity contribution in [2.45, 2.75) is 12.8 Å². The van der Waals surface area contributed by atoms with Crippen LogP contribution < -0.4 is 0 Å². The summed E-state index contributed by atoms with van der Waals surface area (Å²) < 4.78 is 14.9. The fraction of sp³-hybridized carbons (Fsp3) is 0.0244. The molecule has 0 unspecified atom stereocenters. The van der Waals surface area contributed by atoms with Crippen molar-refractivity contribution in [3.8, 4) is 34.1 Å². The molecule has 19 aromatic rings. The molecule has 410 valence electrons. The van der Waals surface area contributed by atoms with Crippen LogP contribution in [0.2, 0.25) is 0 Å². The SMILES string of the molecule is C1=Cc2c(c3cc(-n4c5ccccc5c5c4ccc4c6ccccc6n(-c6ccc7cc(-n8c9ccccc9c9ccc%10c(c%11ccccc%11n%10-c%10ccc%11c(c%10)c%10ccccc%10n%11-c%10ccccc%10)c98)ccc7c6)c45)ccc3n2-c2ccccc2)CC1. The van der Waals surface area contributed by atoms with Crippen molar-refractivity contribution in [1.29, 1.82) is 0 Å². The number of nitrogens with zero attached hydrogens (tertiary/aromatic N) is 6. The Hall–Kier alpha value is -11.6. The van der Waals surface area contributed by atoms with E-state index in [1.807, 2.05) is 0 Å². The molecule has 0 atom stereocenters. The maximum absolute atomic E-state index is 2.53. The summed E-state index contributed by atoms with van der Waals surface area (Å²) in [6.07, 6.45) is 6.71. The lowest BCUT2D eigenvalue weighted by molar-refractivity contribution is 0.967. The molecule has 13 aromatic carbocycles. The van der Waals surface area contributed by atoms with Gasteiger partial charge in [0.2, 0.25) is 0 Å². The van der Waals surface area contributed by atoms with Gasteiger partial charge in [0, 0.05) is 99.1 Å². The van der Waals surface area contributed by atoms with Gasteiger partial charge in [-0.15, -0.1) is 0 Å². The third-order valence-corrected chi connectivity index (χ3v) is 19.4. The molecule has 6 nitrogen and oxygen atoms in total. The monoisotopic (exact) mass is 1120 g/mol. The van der Waals surface area contributed by atoms with Gasteiger partial charge < -0.3 is 27.4 Å². The van der Waals surface area contributed by atoms with Crippen molar-refractivity contribution >= 4 is 137 Å². The molecular formula is C82H52N6. The number of aryl methyl sites for hydroxylation is 1. The molecule has 6 aromatic heterocycles. The summed E-state index contributed by atoms with van der Waals surface area (Å²) >= 11 is 0. The third kappa shape index (κ3) is 6.50. The van der Waals surface area contributed by atoms with Gasteiger partial charge in [0.05, 0.1) is 60.7 Å². The van der Waals surface area contributed by atoms with Gasteiger partial charge in [0.1, 0.15) is 0 Å². The van der Waals surface area contributed by atoms with E-state index in [9.17, 15) is 0 Å². The zero-order valence-electron chi connectivity index (χ0n) is 47.8. The lowest BCUT2D eigenvalue weighted by Crippen LogP contribution is -1.99. The molecule has 0 aliphatic heterocycles. The first-order valence-corrected chi connectivity index (χ1v) is 30.6. The summed E-state index contributed by atoms with van der Waals surface area (Å²) in [5.74, 6) is 0. The van der Waals surface area contributed by atoms with Gasteiger partial charge in [-0.1, -0.05) is 158 Å². The lowest BCUT2D eigenvalue weighted by atomic mass is 10.0. The molecule has 0 spiro atoms. The van der Waals surface area contributed by atoms with Crippen LogP contribution in [0, 0.1) is 0 Å². The number of rotatable bonds is 6. The van der Waals surface area contributed by atoms with Gasteiger partial charge in [-0.25, -0.2) is 0 Å². The smallest absolute Gasteiger partial charge is 0.0641 e. The van der Waals surface area contributed by atoms with Crippen LogP contribution in [-0.4, -0.2) is 27.4 Å². The highest BCUT2D eigenvalue weighted by Crippen LogP contribution is 2.46. The second-order valence-corrected chi connectivity index (χ2v) is 23.9. The molecule has 0 saturated carbocycles. The Morgan fingerprint density at radius 1 is 0.227 bits per heavy atom. The first-order valence-electron chi connectivity index (χ1n) is 30.6. The van der Waals surface area contributed by atoms with Gasteiger partial charge in [0.25, 0.3) is 0 Å². The topological polar surface area (TPSA) is 29.6 Å². The van der Waals surface area contributed by atoms with Gasteiger partial charge in [0.15, 0.2) is 0 Å². The van der Waals surface area contributed by atoms with Crippen LogP contribution in [-0.2, 0) is 6.42 Å². The third-order valence-electron chi connectivity index (χ3n) is 19.4. The number of hydrogen-bond acceptors (Lipinski definition) is 0. The van der Waals surface area contributed by atoms with Gasteiger partial charge in [-0.2, -0.15) is 0 Å². The van der Waals surface area contributed by atoms with E-state index < -0.39 is 0 Å². The fourth-order valence-electron chi connectivity index (χ4n) is 15.8. The zero-order chi connectivity index (χ0) is 57.3. The van der Waals surface area contributed by atoms with E-state index in [1.54, 1.807) is 0 Å². The van der Waals surface area contributed by atoms with Crippen LogP contribution in [0.5, 0.6) is 0 Å². The van der Waals surface area contributed by atoms with E-state index in [4.69, 9.17) is 0 Å². The van der Waals surface area contributed by atoms with Crippen LogP contribution in [0.15, 0.2) is 285 Å². The molecular weight excluding hydrogens is 1070 g/mol. The Morgan fingerprint density at radius 2 is 0.591 bits per heavy atom. The summed E-state index contributed by atoms with van der Waals surface area (Å²) in [4.78, 5) is 0. The van der Waals surface area contributed by atoms with Crippen molar-refractivity contribution in [2.24, 2.45) is 0 Å². The van der Waals surface area contributed by atoms with E-state index in [2.05, 4.69) is 319 Å². The summed E-state index contributed by atoms with van der Waals surface area (Å²) in [5, 5.41) is 16.1. The van der Waals surface area contributed by atoms with Crippen molar-refractivity contribution < 1.29 is 0 Å². The molecule has 0 saturated heterocycles. The van der Waals surface area contributed by atoms with E-state index >= 15 is 0 Å². The average molecular weight is 1120 g/mol. The molecule has 6 heteroatoms. The molecule has 20 rings (SSSR count). The summed E-state index contributed by atoms with van der Waals surface area (Å²) in [6.45, 7) is 0. The highest BCUT2D eigenvalue weighted by Gasteiger charge is 2.26. The van der Waals surface area contributed by atoms with Crippen LogP contribution in [0.25, 0.3) is 171 Å². The standard InChI is InChI=1S/C82H52N6/c1-3-19-53(20-4-1)83-69-29-13-9-25-61(69)67-49-57(39-43-75(67)83)85-73-33-17-11-27-65(73)79-77(85)45-41-63-59-23-7-15-31-71(59)87(81(63)79)55-37-35-52-48-56(38-36-51(52)47-55)88-72-32-16-8-24-60(72)64-42-46-78-80(82(64)88)66-28-12-18-34-74(66)86(78)58-40-44-76-68(50-58)62-26-10-14-30-70(62)84(76)54-21-5-2-6-22-54/h1-9,11-25,27-50H,10,26H2. The second-order valence-electron chi connectivity index (χ2n) is 23.9. The van der Waals surface area contributed by atoms with Crippen LogP contribution in [0.3, 0.4) is 0 Å². The highest BCUT2D eigenvalue weighted by molar-refractivity contribution is 6.28. The zero-order valence-corrected chi connectivity index (χ0v) is 47.8. The minimum absolute atomic E-state index is 1.02. The molecule has 0 bridgehead atoms. The summed E-state index contributed by atoms with van der Waals surface area (Å²) in [7, 11) is 0. The average Bonchev–Trinajstić information content (AvgIpc) is 1.61. The molecule has 1 aliphatic rings. The van der Waals surface area contributed by atoms with E-state index in [0.29, 0.717) is 0 Å². The first kappa shape index (κ1) is 47.7. The second kappa shape index (κ2) is 18.0. The highest BCUT2D eigenvalue weighted by atomic mass is 15.0. The first-order chi connectivity index (χ1) is 43.7. The van der Waals surface area contributed by atoms with Crippen molar-refractivity contribution in [3.05, 3.63) is 296 Å². The van der Waals surface area contributed by atoms with Crippen LogP contribution in [0.1, 0.15) is 17.7 Å². The molecule has 88 heavy (non-hydrogen) atoms. The number of benzene rings is 13. The Labute approximate surface area is 504 Å². The Bertz CT molecular complexity index is 6230. The quantitative estimate of drug-likeness (QED) is 0.159. The number of fused-ring (bicyclic) bond motifs is 21. The normalized spacial score (nSPS) is 12.9. The number of aromatic nitrogens is 6. The van der Waals surface area contributed by atoms with Gasteiger partial charge in [-0.3, -0.25) is 0 Å². The number of allylic oxidation sites excluding steroid dienone is 1. The molecule has 6 heterocycles. The minimum atomic E-state index is 1.02. The predicted octanol–water partition coefficient (Wildman–Crippen LogP) is 21.2. The molecule has 0 radical (unpaired) electrons. The van der Waals surface area contributed by atoms with Crippen LogP contribution >= 0.6 is 0 Å². The summed E-state index contributed by atoms with van der Waals surface area (Å²) in [6, 6.07) is 104. The maximum atomic E-state index is 2.53. The van der Waals surface area contributed by atoms with E-state index in [-0.39, 0.29) is 0 Å². The number of para-hydroxylation sites is 7. The van der Waals surface area contributed by atoms with Gasteiger partial charge >= 0.3 is 0 Å². The predicted molar refractivity (Wildman–Crippen MR) is 370 cm³/mol. The lowest BCUT2D eigenvalue weighted by Gasteiger charge is -2.13. The van der Waals surface area contributed by atoms with Crippen molar-refractivity contribution in [2.75, 3.05) is 0 Å². The maximum Gasteiger partial charge on any atom is 0.0641 e. The molecule has 1 aliphatic carbocycles. The van der Waals surface area contributed by atoms with Crippen molar-refractivity contribution in [3.63, 3.8) is 0 Å². The Kier molecular flexibility index (Phi) is 9.75. The molecule has 0 N–H and O–H groups in total. The fourth-order valence-corrected chi connectivity index (χ4v) is 15.8. The Morgan fingerprint density at radius 3 is 1.11 bits per heavy atom. The molecule has 0 fully saturated rings. The molecule has 0 amide bonds. The van der Waals surface area contributed by atoms with Crippen molar-refractivity contribution in [1.82, 2.24) is 27.4 Å². The van der Waals surface area contributed by atoms with E-state index in [0.717, 1.165) is 35.6 Å². The Balaban J connectivity index is 0.764. The largest absolute Gasteiger partial charge is 0.310 e. The minimum Gasteiger partial charge on any atom is -0.310 e. The van der Waals surface area contributed by atoms with Gasteiger partial charge in [-0.05, 0) is 163 Å². The van der Waals surface area contributed by atoms with Crippen LogP contribution in [0.4, 0.5) is 0 Å².